The maximum atomic E-state index is 14.2. The zero-order chi connectivity index (χ0) is 26.0. The third-order valence-corrected chi connectivity index (χ3v) is 8.93. The van der Waals surface area contributed by atoms with E-state index in [1.807, 2.05) is 30.5 Å². The molecular weight excluding hydrogens is 478 g/mol. The Labute approximate surface area is 223 Å². The topological polar surface area (TPSA) is 39.3 Å². The number of hydrogen-bond donors (Lipinski definition) is 0. The third-order valence-electron chi connectivity index (χ3n) is 8.93. The first kappa shape index (κ1) is 21.0. The highest BCUT2D eigenvalue weighted by molar-refractivity contribution is 6.14. The average molecular weight is 502 g/mol. The molecule has 9 rings (SSSR count). The Morgan fingerprint density at radius 2 is 1.38 bits per heavy atom. The number of para-hydroxylation sites is 2. The summed E-state index contributed by atoms with van der Waals surface area (Å²) in [5.74, 6) is 0. The Hall–Kier alpha value is -4.96. The number of aromatic nitrogens is 3. The molecule has 0 amide bonds. The number of nitrogens with zero attached hydrogens (tertiary/aromatic N) is 3. The van der Waals surface area contributed by atoms with Gasteiger partial charge in [-0.15, -0.1) is 0 Å². The number of rotatable bonds is 1. The SMILES string of the molecule is CC1(C)c2ccccc2-c2cc3c4ccccc4n(-c4cn5c6ccccc6c6ccnc(c4=O)c65)c3cc21. The lowest BCUT2D eigenvalue weighted by atomic mass is 9.82. The van der Waals surface area contributed by atoms with Crippen molar-refractivity contribution in [2.75, 3.05) is 0 Å². The van der Waals surface area contributed by atoms with Crippen LogP contribution in [0.15, 0.2) is 108 Å². The maximum absolute atomic E-state index is 14.2. The van der Waals surface area contributed by atoms with Crippen molar-refractivity contribution in [3.63, 3.8) is 0 Å². The van der Waals surface area contributed by atoms with E-state index in [0.29, 0.717) is 11.2 Å². The molecule has 8 aromatic rings. The van der Waals surface area contributed by atoms with Crippen LogP contribution in [0, 0.1) is 0 Å². The Bertz CT molecular complexity index is 2390. The summed E-state index contributed by atoms with van der Waals surface area (Å²) in [5.41, 5.74) is 10.2. The molecular formula is C35H23N3O. The van der Waals surface area contributed by atoms with Gasteiger partial charge in [0.25, 0.3) is 0 Å². The quantitative estimate of drug-likeness (QED) is 0.230. The fraction of sp³-hybridized carbons (Fsp3) is 0.0857. The summed E-state index contributed by atoms with van der Waals surface area (Å²) in [6, 6.07) is 32.1. The molecule has 4 aromatic carbocycles. The molecule has 1 aliphatic carbocycles. The van der Waals surface area contributed by atoms with E-state index in [2.05, 4.69) is 94.5 Å². The predicted molar refractivity (Wildman–Crippen MR) is 160 cm³/mol. The third kappa shape index (κ3) is 2.45. The monoisotopic (exact) mass is 501 g/mol. The highest BCUT2D eigenvalue weighted by Crippen LogP contribution is 2.50. The highest BCUT2D eigenvalue weighted by Gasteiger charge is 2.36. The standard InChI is InChI=1S/C35H23N3O/c1-35(2)26-12-6-3-9-20(26)24-17-25-22-11-5-8-14-29(22)38(30(25)18-27(24)35)31-19-37-28-13-7-4-10-21(28)23-15-16-36-32(33(23)37)34(31)39/h3-19H,1-2H3. The molecule has 39 heavy (non-hydrogen) atoms. The van der Waals surface area contributed by atoms with Crippen LogP contribution in [-0.2, 0) is 5.41 Å². The number of pyridine rings is 2. The van der Waals surface area contributed by atoms with Crippen molar-refractivity contribution in [1.29, 1.82) is 0 Å². The summed E-state index contributed by atoms with van der Waals surface area (Å²) in [7, 11) is 0. The van der Waals surface area contributed by atoms with Crippen molar-refractivity contribution in [1.82, 2.24) is 14.0 Å². The van der Waals surface area contributed by atoms with Crippen LogP contribution in [0.1, 0.15) is 25.0 Å². The molecule has 0 saturated carbocycles. The van der Waals surface area contributed by atoms with E-state index in [0.717, 1.165) is 43.6 Å². The Morgan fingerprint density at radius 3 is 2.23 bits per heavy atom. The van der Waals surface area contributed by atoms with Crippen molar-refractivity contribution in [2.24, 2.45) is 0 Å². The minimum Gasteiger partial charge on any atom is -0.312 e. The van der Waals surface area contributed by atoms with Gasteiger partial charge < -0.3 is 8.97 Å². The molecule has 4 nitrogen and oxygen atoms in total. The second-order valence-corrected chi connectivity index (χ2v) is 11.2. The molecule has 1 aliphatic rings. The molecule has 4 heterocycles. The second-order valence-electron chi connectivity index (χ2n) is 11.2. The molecule has 0 spiro atoms. The van der Waals surface area contributed by atoms with Gasteiger partial charge in [0.1, 0.15) is 11.2 Å². The molecule has 0 aliphatic heterocycles. The molecule has 4 aromatic heterocycles. The van der Waals surface area contributed by atoms with Crippen molar-refractivity contribution in [3.8, 4) is 16.8 Å². The van der Waals surface area contributed by atoms with Crippen molar-refractivity contribution >= 4 is 49.1 Å². The summed E-state index contributed by atoms with van der Waals surface area (Å²) in [5, 5.41) is 4.47. The van der Waals surface area contributed by atoms with Crippen molar-refractivity contribution in [2.45, 2.75) is 19.3 Å². The maximum Gasteiger partial charge on any atom is 0.231 e. The van der Waals surface area contributed by atoms with E-state index in [1.165, 1.54) is 22.3 Å². The minimum atomic E-state index is -0.136. The predicted octanol–water partition coefficient (Wildman–Crippen LogP) is 7.84. The first-order chi connectivity index (χ1) is 19.0. The Kier molecular flexibility index (Phi) is 3.73. The van der Waals surface area contributed by atoms with Gasteiger partial charge in [-0.05, 0) is 52.6 Å². The first-order valence-electron chi connectivity index (χ1n) is 13.4. The summed E-state index contributed by atoms with van der Waals surface area (Å²) < 4.78 is 4.31. The summed E-state index contributed by atoms with van der Waals surface area (Å²) in [4.78, 5) is 18.9. The van der Waals surface area contributed by atoms with Gasteiger partial charge in [0.2, 0.25) is 5.43 Å². The molecule has 0 fully saturated rings. The Balaban J connectivity index is 1.47. The van der Waals surface area contributed by atoms with Crippen LogP contribution >= 0.6 is 0 Å². The highest BCUT2D eigenvalue weighted by atomic mass is 16.1. The van der Waals surface area contributed by atoms with Crippen LogP contribution in [0.25, 0.3) is 65.9 Å². The van der Waals surface area contributed by atoms with Gasteiger partial charge in [0.05, 0.1) is 22.1 Å². The molecule has 0 radical (unpaired) electrons. The van der Waals surface area contributed by atoms with Gasteiger partial charge in [-0.3, -0.25) is 9.78 Å². The fourth-order valence-corrected chi connectivity index (χ4v) is 7.13. The molecule has 0 saturated heterocycles. The van der Waals surface area contributed by atoms with Crippen LogP contribution in [0.3, 0.4) is 0 Å². The van der Waals surface area contributed by atoms with Crippen molar-refractivity contribution in [3.05, 3.63) is 125 Å². The van der Waals surface area contributed by atoms with Gasteiger partial charge in [-0.25, -0.2) is 0 Å². The lowest BCUT2D eigenvalue weighted by Gasteiger charge is -2.21. The van der Waals surface area contributed by atoms with E-state index in [4.69, 9.17) is 0 Å². The van der Waals surface area contributed by atoms with Gasteiger partial charge in [-0.2, -0.15) is 0 Å². The molecule has 0 N–H and O–H groups in total. The van der Waals surface area contributed by atoms with E-state index in [1.54, 1.807) is 6.20 Å². The minimum absolute atomic E-state index is 0.0541. The molecule has 0 unspecified atom stereocenters. The van der Waals surface area contributed by atoms with Crippen LogP contribution < -0.4 is 5.43 Å². The van der Waals surface area contributed by atoms with Crippen LogP contribution in [0.2, 0.25) is 0 Å². The van der Waals surface area contributed by atoms with E-state index < -0.39 is 0 Å². The van der Waals surface area contributed by atoms with Gasteiger partial charge in [-0.1, -0.05) is 74.5 Å². The average Bonchev–Trinajstić information content (AvgIpc) is 3.54. The van der Waals surface area contributed by atoms with Crippen LogP contribution in [-0.4, -0.2) is 14.0 Å². The Morgan fingerprint density at radius 1 is 0.667 bits per heavy atom. The molecule has 4 heteroatoms. The van der Waals surface area contributed by atoms with Gasteiger partial charge in [0.15, 0.2) is 0 Å². The zero-order valence-electron chi connectivity index (χ0n) is 21.6. The van der Waals surface area contributed by atoms with Crippen LogP contribution in [0.4, 0.5) is 0 Å². The van der Waals surface area contributed by atoms with E-state index in [9.17, 15) is 4.79 Å². The van der Waals surface area contributed by atoms with Crippen LogP contribution in [0.5, 0.6) is 0 Å². The smallest absolute Gasteiger partial charge is 0.231 e. The summed E-state index contributed by atoms with van der Waals surface area (Å²) >= 11 is 0. The molecule has 184 valence electrons. The molecule has 0 bridgehead atoms. The second kappa shape index (κ2) is 6.91. The summed E-state index contributed by atoms with van der Waals surface area (Å²) in [6.07, 6.45) is 3.77. The van der Waals surface area contributed by atoms with E-state index >= 15 is 0 Å². The zero-order valence-corrected chi connectivity index (χ0v) is 21.6. The van der Waals surface area contributed by atoms with Crippen molar-refractivity contribution < 1.29 is 0 Å². The summed E-state index contributed by atoms with van der Waals surface area (Å²) in [6.45, 7) is 4.59. The lowest BCUT2D eigenvalue weighted by Crippen LogP contribution is -2.16. The fourth-order valence-electron chi connectivity index (χ4n) is 7.13. The normalized spacial score (nSPS) is 14.2. The largest absolute Gasteiger partial charge is 0.312 e. The molecule has 0 atom stereocenters. The van der Waals surface area contributed by atoms with E-state index in [-0.39, 0.29) is 10.8 Å². The van der Waals surface area contributed by atoms with Gasteiger partial charge in [0, 0.05) is 39.4 Å². The number of benzene rings is 4. The lowest BCUT2D eigenvalue weighted by molar-refractivity contribution is 0.661. The van der Waals surface area contributed by atoms with Gasteiger partial charge >= 0.3 is 0 Å². The number of hydrogen-bond acceptors (Lipinski definition) is 2. The number of fused-ring (bicyclic) bond motifs is 9. The first-order valence-corrected chi connectivity index (χ1v) is 13.4.